The molecule has 318 valence electrons. The third kappa shape index (κ3) is 41.3. The predicted octanol–water partition coefficient (Wildman–Crippen LogP) is 15.0. The van der Waals surface area contributed by atoms with Gasteiger partial charge < -0.3 is 14.2 Å². The number of hydrogen-bond acceptors (Lipinski definition) is 6. The molecule has 1 unspecified atom stereocenters. The fourth-order valence-electron chi connectivity index (χ4n) is 6.91. The summed E-state index contributed by atoms with van der Waals surface area (Å²) >= 11 is 0. The predicted molar refractivity (Wildman–Crippen MR) is 229 cm³/mol. The molecule has 0 aromatic carbocycles. The van der Waals surface area contributed by atoms with Crippen LogP contribution >= 0.6 is 0 Å². The van der Waals surface area contributed by atoms with E-state index in [1.54, 1.807) is 0 Å². The maximum atomic E-state index is 12.7. The molecule has 0 N–H and O–H groups in total. The third-order valence-corrected chi connectivity index (χ3v) is 10.5. The standard InChI is InChI=1S/C48H90O6/c1-4-7-10-13-16-18-20-22-23-24-26-27-29-32-35-38-41-47(50)53-44-45(43-52-46(49)40-37-34-31-15-12-9-6-3)54-48(51)42-39-36-33-30-28-25-21-19-17-14-11-8-5-2/h19,21,45H,4-18,20,22-44H2,1-3H3/b21-19-. The Kier molecular flexibility index (Phi) is 42.4. The van der Waals surface area contributed by atoms with Gasteiger partial charge in [0, 0.05) is 19.3 Å². The molecular formula is C48H90O6. The van der Waals surface area contributed by atoms with Gasteiger partial charge in [0.15, 0.2) is 6.10 Å². The maximum absolute atomic E-state index is 12.7. The Morgan fingerprint density at radius 3 is 0.944 bits per heavy atom. The lowest BCUT2D eigenvalue weighted by atomic mass is 10.0. The van der Waals surface area contributed by atoms with E-state index in [2.05, 4.69) is 32.9 Å². The van der Waals surface area contributed by atoms with E-state index in [1.807, 2.05) is 0 Å². The summed E-state index contributed by atoms with van der Waals surface area (Å²) in [6, 6.07) is 0. The van der Waals surface area contributed by atoms with Crippen molar-refractivity contribution >= 4 is 17.9 Å². The van der Waals surface area contributed by atoms with Crippen molar-refractivity contribution in [3.8, 4) is 0 Å². The van der Waals surface area contributed by atoms with Gasteiger partial charge in [-0.15, -0.1) is 0 Å². The number of ether oxygens (including phenoxy) is 3. The molecule has 0 aliphatic heterocycles. The smallest absolute Gasteiger partial charge is 0.306 e. The van der Waals surface area contributed by atoms with Crippen molar-refractivity contribution < 1.29 is 28.6 Å². The molecule has 0 rings (SSSR count). The fraction of sp³-hybridized carbons (Fsp3) is 0.896. The van der Waals surface area contributed by atoms with E-state index in [0.717, 1.165) is 64.2 Å². The molecule has 0 radical (unpaired) electrons. The second-order valence-corrected chi connectivity index (χ2v) is 16.0. The fourth-order valence-corrected chi connectivity index (χ4v) is 6.91. The van der Waals surface area contributed by atoms with Crippen molar-refractivity contribution in [2.24, 2.45) is 0 Å². The van der Waals surface area contributed by atoms with Crippen LogP contribution < -0.4 is 0 Å². The third-order valence-electron chi connectivity index (χ3n) is 10.5. The van der Waals surface area contributed by atoms with E-state index in [-0.39, 0.29) is 31.1 Å². The summed E-state index contributed by atoms with van der Waals surface area (Å²) in [5.41, 5.74) is 0. The molecule has 0 saturated carbocycles. The first-order valence-electron chi connectivity index (χ1n) is 23.7. The van der Waals surface area contributed by atoms with Crippen LogP contribution in [0.5, 0.6) is 0 Å². The lowest BCUT2D eigenvalue weighted by Crippen LogP contribution is -2.30. The Morgan fingerprint density at radius 2 is 0.611 bits per heavy atom. The van der Waals surface area contributed by atoms with E-state index < -0.39 is 6.10 Å². The quantitative estimate of drug-likeness (QED) is 0.0266. The van der Waals surface area contributed by atoms with Gasteiger partial charge in [-0.3, -0.25) is 14.4 Å². The molecule has 0 aromatic heterocycles. The Hall–Kier alpha value is -1.85. The van der Waals surface area contributed by atoms with Crippen molar-refractivity contribution in [1.29, 1.82) is 0 Å². The zero-order valence-electron chi connectivity index (χ0n) is 36.3. The summed E-state index contributed by atoms with van der Waals surface area (Å²) in [7, 11) is 0. The molecule has 0 bridgehead atoms. The lowest BCUT2D eigenvalue weighted by Gasteiger charge is -2.18. The summed E-state index contributed by atoms with van der Waals surface area (Å²) in [6.45, 7) is 6.59. The first-order valence-corrected chi connectivity index (χ1v) is 23.7. The van der Waals surface area contributed by atoms with Crippen LogP contribution in [0.15, 0.2) is 12.2 Å². The molecule has 0 aromatic rings. The van der Waals surface area contributed by atoms with Crippen LogP contribution in [0.3, 0.4) is 0 Å². The number of carbonyl (C=O) groups excluding carboxylic acids is 3. The maximum Gasteiger partial charge on any atom is 0.306 e. The van der Waals surface area contributed by atoms with Gasteiger partial charge in [0.05, 0.1) is 0 Å². The molecule has 6 nitrogen and oxygen atoms in total. The minimum atomic E-state index is -0.765. The van der Waals surface area contributed by atoms with Crippen LogP contribution in [-0.4, -0.2) is 37.2 Å². The van der Waals surface area contributed by atoms with Gasteiger partial charge in [-0.1, -0.05) is 206 Å². The molecule has 0 aliphatic rings. The number of unbranched alkanes of at least 4 members (excludes halogenated alkanes) is 30. The zero-order valence-corrected chi connectivity index (χ0v) is 36.3. The van der Waals surface area contributed by atoms with Crippen molar-refractivity contribution in [2.75, 3.05) is 13.2 Å². The van der Waals surface area contributed by atoms with E-state index in [1.165, 1.54) is 154 Å². The number of allylic oxidation sites excluding steroid dienone is 2. The minimum Gasteiger partial charge on any atom is -0.462 e. The van der Waals surface area contributed by atoms with Crippen molar-refractivity contribution in [1.82, 2.24) is 0 Å². The molecule has 0 fully saturated rings. The number of esters is 3. The molecule has 0 heterocycles. The number of carbonyl (C=O) groups is 3. The molecule has 0 aliphatic carbocycles. The van der Waals surface area contributed by atoms with Crippen molar-refractivity contribution in [2.45, 2.75) is 264 Å². The summed E-state index contributed by atoms with van der Waals surface area (Å²) < 4.78 is 16.7. The van der Waals surface area contributed by atoms with Gasteiger partial charge in [0.2, 0.25) is 0 Å². The van der Waals surface area contributed by atoms with Gasteiger partial charge >= 0.3 is 17.9 Å². The largest absolute Gasteiger partial charge is 0.462 e. The molecule has 1 atom stereocenters. The Morgan fingerprint density at radius 1 is 0.352 bits per heavy atom. The van der Waals surface area contributed by atoms with Crippen molar-refractivity contribution in [3.63, 3.8) is 0 Å². The SMILES string of the molecule is CCCCCC/C=C\CCCCCCCC(=O)OC(COC(=O)CCCCCCCCC)COC(=O)CCCCCCCCCCCCCCCCCC. The van der Waals surface area contributed by atoms with Crippen LogP contribution in [0.25, 0.3) is 0 Å². The van der Waals surface area contributed by atoms with Crippen molar-refractivity contribution in [3.05, 3.63) is 12.2 Å². The highest BCUT2D eigenvalue weighted by Crippen LogP contribution is 2.15. The topological polar surface area (TPSA) is 78.9 Å². The van der Waals surface area contributed by atoms with E-state index in [0.29, 0.717) is 19.3 Å². The normalized spacial score (nSPS) is 12.0. The summed E-state index contributed by atoms with van der Waals surface area (Å²) in [5, 5.41) is 0. The average molecular weight is 763 g/mol. The van der Waals surface area contributed by atoms with Crippen LogP contribution in [-0.2, 0) is 28.6 Å². The van der Waals surface area contributed by atoms with Gasteiger partial charge in [-0.05, 0) is 44.9 Å². The highest BCUT2D eigenvalue weighted by Gasteiger charge is 2.19. The number of hydrogen-bond donors (Lipinski definition) is 0. The number of rotatable bonds is 43. The van der Waals surface area contributed by atoms with Gasteiger partial charge in [0.25, 0.3) is 0 Å². The zero-order chi connectivity index (χ0) is 39.4. The summed E-state index contributed by atoms with van der Waals surface area (Å²) in [6.07, 6.45) is 46.3. The molecular weight excluding hydrogens is 673 g/mol. The highest BCUT2D eigenvalue weighted by molar-refractivity contribution is 5.71. The molecule has 6 heteroatoms. The molecule has 54 heavy (non-hydrogen) atoms. The van der Waals surface area contributed by atoms with Gasteiger partial charge in [0.1, 0.15) is 13.2 Å². The summed E-state index contributed by atoms with van der Waals surface area (Å²) in [4.78, 5) is 37.6. The Labute approximate surface area is 335 Å². The van der Waals surface area contributed by atoms with Crippen LogP contribution in [0.1, 0.15) is 258 Å². The second-order valence-electron chi connectivity index (χ2n) is 16.0. The van der Waals surface area contributed by atoms with E-state index in [9.17, 15) is 14.4 Å². The van der Waals surface area contributed by atoms with Gasteiger partial charge in [-0.25, -0.2) is 0 Å². The Balaban J connectivity index is 4.25. The van der Waals surface area contributed by atoms with Crippen LogP contribution in [0.4, 0.5) is 0 Å². The average Bonchev–Trinajstić information content (AvgIpc) is 3.17. The molecule has 0 saturated heterocycles. The first kappa shape index (κ1) is 52.2. The highest BCUT2D eigenvalue weighted by atomic mass is 16.6. The molecule has 0 spiro atoms. The lowest BCUT2D eigenvalue weighted by molar-refractivity contribution is -0.167. The monoisotopic (exact) mass is 763 g/mol. The summed E-state index contributed by atoms with van der Waals surface area (Å²) in [5.74, 6) is -0.874. The van der Waals surface area contributed by atoms with Gasteiger partial charge in [-0.2, -0.15) is 0 Å². The van der Waals surface area contributed by atoms with Crippen LogP contribution in [0.2, 0.25) is 0 Å². The Bertz CT molecular complexity index is 839. The second kappa shape index (κ2) is 43.9. The van der Waals surface area contributed by atoms with E-state index in [4.69, 9.17) is 14.2 Å². The first-order chi connectivity index (χ1) is 26.5. The molecule has 0 amide bonds. The van der Waals surface area contributed by atoms with Crippen LogP contribution in [0, 0.1) is 0 Å². The minimum absolute atomic E-state index is 0.0692. The van der Waals surface area contributed by atoms with E-state index >= 15 is 0 Å².